The van der Waals surface area contributed by atoms with E-state index >= 15 is 0 Å². The number of thioether (sulfide) groups is 1. The van der Waals surface area contributed by atoms with Gasteiger partial charge in [0.25, 0.3) is 0 Å². The van der Waals surface area contributed by atoms with E-state index in [-0.39, 0.29) is 4.75 Å². The van der Waals surface area contributed by atoms with Crippen LogP contribution in [0.15, 0.2) is 47.4 Å². The van der Waals surface area contributed by atoms with Crippen LogP contribution in [0.2, 0.25) is 0 Å². The lowest BCUT2D eigenvalue weighted by atomic mass is 10.1. The number of hydrogen-bond donors (Lipinski definition) is 0. The van der Waals surface area contributed by atoms with Gasteiger partial charge in [-0.25, -0.2) is 0 Å². The highest BCUT2D eigenvalue weighted by Crippen LogP contribution is 2.36. The van der Waals surface area contributed by atoms with Crippen molar-refractivity contribution in [3.8, 4) is 0 Å². The Morgan fingerprint density at radius 3 is 2.27 bits per heavy atom. The molecule has 0 nitrogen and oxygen atoms in total. The van der Waals surface area contributed by atoms with Crippen LogP contribution >= 0.6 is 11.8 Å². The molecule has 15 heavy (non-hydrogen) atoms. The van der Waals surface area contributed by atoms with Crippen molar-refractivity contribution in [2.75, 3.05) is 0 Å². The fourth-order valence-electron chi connectivity index (χ4n) is 1.61. The van der Waals surface area contributed by atoms with Gasteiger partial charge in [0.05, 0.1) is 0 Å². The maximum Gasteiger partial charge on any atom is 0.0156 e. The van der Waals surface area contributed by atoms with Gasteiger partial charge < -0.3 is 0 Å². The summed E-state index contributed by atoms with van der Waals surface area (Å²) in [6.45, 7) is 6.75. The summed E-state index contributed by atoms with van der Waals surface area (Å²) in [6, 6.07) is 15.1. The highest BCUT2D eigenvalue weighted by atomic mass is 32.2. The van der Waals surface area contributed by atoms with Crippen LogP contribution in [0.25, 0.3) is 10.8 Å². The maximum atomic E-state index is 2.25. The third-order valence-electron chi connectivity index (χ3n) is 2.17. The topological polar surface area (TPSA) is 0 Å². The summed E-state index contributed by atoms with van der Waals surface area (Å²) in [6.07, 6.45) is 0. The summed E-state index contributed by atoms with van der Waals surface area (Å²) in [7, 11) is 0. The standard InChI is InChI=1S/C14H16S/c1-14(2,3)15-13-10-6-8-11-7-4-5-9-12(11)13/h4-10H,1-3H3. The summed E-state index contributed by atoms with van der Waals surface area (Å²) in [4.78, 5) is 1.38. The van der Waals surface area contributed by atoms with Crippen LogP contribution < -0.4 is 0 Å². The maximum absolute atomic E-state index is 2.25. The summed E-state index contributed by atoms with van der Waals surface area (Å²) in [5.41, 5.74) is 0. The smallest absolute Gasteiger partial charge is 0.0156 e. The molecular formula is C14H16S. The van der Waals surface area contributed by atoms with Crippen molar-refractivity contribution < 1.29 is 0 Å². The molecule has 2 aromatic rings. The number of benzene rings is 2. The zero-order valence-corrected chi connectivity index (χ0v) is 10.3. The van der Waals surface area contributed by atoms with Crippen LogP contribution in [0.5, 0.6) is 0 Å². The second kappa shape index (κ2) is 3.90. The summed E-state index contributed by atoms with van der Waals surface area (Å²) in [5.74, 6) is 0. The number of hydrogen-bond acceptors (Lipinski definition) is 1. The van der Waals surface area contributed by atoms with Crippen LogP contribution in [0.3, 0.4) is 0 Å². The molecule has 0 heterocycles. The van der Waals surface area contributed by atoms with Crippen LogP contribution in [0.4, 0.5) is 0 Å². The molecule has 2 rings (SSSR count). The average Bonchev–Trinajstić information content (AvgIpc) is 2.16. The Bertz CT molecular complexity index is 461. The Balaban J connectivity index is 2.52. The highest BCUT2D eigenvalue weighted by Gasteiger charge is 2.13. The molecule has 0 spiro atoms. The molecule has 0 radical (unpaired) electrons. The first-order chi connectivity index (χ1) is 7.06. The predicted molar refractivity (Wildman–Crippen MR) is 69.6 cm³/mol. The largest absolute Gasteiger partial charge is 0.120 e. The van der Waals surface area contributed by atoms with Gasteiger partial charge >= 0.3 is 0 Å². The van der Waals surface area contributed by atoms with Crippen LogP contribution in [0, 0.1) is 0 Å². The molecule has 0 N–H and O–H groups in total. The Labute approximate surface area is 95.7 Å². The fraction of sp³-hybridized carbons (Fsp3) is 0.286. The molecule has 0 fully saturated rings. The van der Waals surface area contributed by atoms with E-state index in [1.165, 1.54) is 15.7 Å². The Hall–Kier alpha value is -0.950. The van der Waals surface area contributed by atoms with Gasteiger partial charge in [-0.05, 0) is 16.8 Å². The van der Waals surface area contributed by atoms with E-state index in [2.05, 4.69) is 63.2 Å². The van der Waals surface area contributed by atoms with Gasteiger partial charge in [0, 0.05) is 9.64 Å². The minimum atomic E-state index is 0.268. The molecule has 2 aromatic carbocycles. The first-order valence-electron chi connectivity index (χ1n) is 5.23. The van der Waals surface area contributed by atoms with Crippen molar-refractivity contribution in [3.05, 3.63) is 42.5 Å². The Kier molecular flexibility index (Phi) is 2.74. The van der Waals surface area contributed by atoms with Crippen molar-refractivity contribution in [1.29, 1.82) is 0 Å². The molecule has 0 aliphatic carbocycles. The summed E-state index contributed by atoms with van der Waals surface area (Å²) in [5, 5.41) is 2.69. The van der Waals surface area contributed by atoms with Crippen molar-refractivity contribution in [2.24, 2.45) is 0 Å². The minimum Gasteiger partial charge on any atom is -0.120 e. The van der Waals surface area contributed by atoms with Gasteiger partial charge in [0.2, 0.25) is 0 Å². The van der Waals surface area contributed by atoms with Gasteiger partial charge in [-0.1, -0.05) is 57.2 Å². The van der Waals surface area contributed by atoms with E-state index in [1.807, 2.05) is 11.8 Å². The molecule has 78 valence electrons. The Morgan fingerprint density at radius 2 is 1.53 bits per heavy atom. The quantitative estimate of drug-likeness (QED) is 0.621. The molecule has 0 unspecified atom stereocenters. The van der Waals surface area contributed by atoms with E-state index < -0.39 is 0 Å². The second-order valence-corrected chi connectivity index (χ2v) is 6.56. The molecule has 0 bridgehead atoms. The average molecular weight is 216 g/mol. The second-order valence-electron chi connectivity index (χ2n) is 4.69. The van der Waals surface area contributed by atoms with E-state index in [0.717, 1.165) is 0 Å². The summed E-state index contributed by atoms with van der Waals surface area (Å²) < 4.78 is 0.268. The van der Waals surface area contributed by atoms with Crippen molar-refractivity contribution in [2.45, 2.75) is 30.4 Å². The van der Waals surface area contributed by atoms with Crippen LogP contribution in [-0.4, -0.2) is 4.75 Å². The van der Waals surface area contributed by atoms with Crippen molar-refractivity contribution in [3.63, 3.8) is 0 Å². The number of fused-ring (bicyclic) bond motifs is 1. The molecule has 0 aliphatic rings. The molecule has 0 atom stereocenters. The molecule has 0 aliphatic heterocycles. The van der Waals surface area contributed by atoms with Gasteiger partial charge in [-0.2, -0.15) is 0 Å². The van der Waals surface area contributed by atoms with Crippen molar-refractivity contribution >= 4 is 22.5 Å². The third-order valence-corrected chi connectivity index (χ3v) is 3.35. The normalized spacial score (nSPS) is 11.9. The van der Waals surface area contributed by atoms with E-state index in [4.69, 9.17) is 0 Å². The van der Waals surface area contributed by atoms with E-state index in [0.29, 0.717) is 0 Å². The fourth-order valence-corrected chi connectivity index (χ4v) is 2.72. The minimum absolute atomic E-state index is 0.268. The molecule has 0 amide bonds. The lowest BCUT2D eigenvalue weighted by molar-refractivity contribution is 0.803. The molecule has 0 saturated heterocycles. The van der Waals surface area contributed by atoms with Gasteiger partial charge in [0.1, 0.15) is 0 Å². The predicted octanol–water partition coefficient (Wildman–Crippen LogP) is 4.73. The zero-order chi connectivity index (χ0) is 10.9. The lowest BCUT2D eigenvalue weighted by Gasteiger charge is -2.18. The molecule has 0 saturated carbocycles. The van der Waals surface area contributed by atoms with Gasteiger partial charge in [-0.15, -0.1) is 11.8 Å². The van der Waals surface area contributed by atoms with E-state index in [9.17, 15) is 0 Å². The van der Waals surface area contributed by atoms with Gasteiger partial charge in [0.15, 0.2) is 0 Å². The third kappa shape index (κ3) is 2.54. The number of rotatable bonds is 1. The highest BCUT2D eigenvalue weighted by molar-refractivity contribution is 8.00. The SMILES string of the molecule is CC(C)(C)Sc1cccc2ccccc12. The molecule has 1 heteroatoms. The molecule has 0 aromatic heterocycles. The van der Waals surface area contributed by atoms with Crippen LogP contribution in [-0.2, 0) is 0 Å². The molecular weight excluding hydrogens is 200 g/mol. The zero-order valence-electron chi connectivity index (χ0n) is 9.45. The van der Waals surface area contributed by atoms with Crippen molar-refractivity contribution in [1.82, 2.24) is 0 Å². The lowest BCUT2D eigenvalue weighted by Crippen LogP contribution is -2.06. The van der Waals surface area contributed by atoms with Gasteiger partial charge in [-0.3, -0.25) is 0 Å². The first kappa shape index (κ1) is 10.6. The first-order valence-corrected chi connectivity index (χ1v) is 6.05. The van der Waals surface area contributed by atoms with Crippen LogP contribution in [0.1, 0.15) is 20.8 Å². The summed E-state index contributed by atoms with van der Waals surface area (Å²) >= 11 is 1.93. The Morgan fingerprint density at radius 1 is 0.867 bits per heavy atom. The monoisotopic (exact) mass is 216 g/mol. The van der Waals surface area contributed by atoms with E-state index in [1.54, 1.807) is 0 Å².